The highest BCUT2D eigenvalue weighted by molar-refractivity contribution is 6.11. The number of hydrogen-bond acceptors (Lipinski definition) is 3. The second-order valence-electron chi connectivity index (χ2n) is 4.46. The van der Waals surface area contributed by atoms with E-state index in [2.05, 4.69) is 29.2 Å². The zero-order valence-electron chi connectivity index (χ0n) is 11.1. The number of hydrogen-bond donors (Lipinski definition) is 1. The number of benzene rings is 1. The molecule has 0 fully saturated rings. The molecule has 0 amide bonds. The topological polar surface area (TPSA) is 45.5 Å². The van der Waals surface area contributed by atoms with Crippen LogP contribution in [0.4, 0.5) is 0 Å². The van der Waals surface area contributed by atoms with Crippen molar-refractivity contribution in [1.29, 1.82) is 0 Å². The van der Waals surface area contributed by atoms with Gasteiger partial charge in [-0.3, -0.25) is 4.98 Å². The Hall–Kier alpha value is -2.16. The van der Waals surface area contributed by atoms with Crippen LogP contribution in [0.1, 0.15) is 36.6 Å². The Kier molecular flexibility index (Phi) is 4.67. The lowest BCUT2D eigenvalue weighted by atomic mass is 10.0. The molecule has 0 aliphatic heterocycles. The standard InChI is InChI=1S/C16H18N2O/c1-2-3-6-13-8-10-14(11-9-13)16(18-19)15-7-4-5-12-17-15/h4-5,7-12,19H,2-3,6H2,1H3/b18-16-. The SMILES string of the molecule is CCCCc1ccc(/C(=N/O)c2ccccn2)cc1. The molecule has 0 bridgehead atoms. The molecule has 3 nitrogen and oxygen atoms in total. The van der Waals surface area contributed by atoms with Crippen LogP contribution in [0.5, 0.6) is 0 Å². The van der Waals surface area contributed by atoms with E-state index in [9.17, 15) is 5.21 Å². The van der Waals surface area contributed by atoms with Gasteiger partial charge in [-0.1, -0.05) is 48.8 Å². The molecule has 1 N–H and O–H groups in total. The van der Waals surface area contributed by atoms with Crippen molar-refractivity contribution in [2.45, 2.75) is 26.2 Å². The molecule has 3 heteroatoms. The van der Waals surface area contributed by atoms with Crippen molar-refractivity contribution in [3.05, 3.63) is 65.5 Å². The third kappa shape index (κ3) is 3.41. The fourth-order valence-electron chi connectivity index (χ4n) is 1.97. The van der Waals surface area contributed by atoms with Gasteiger partial charge in [-0.2, -0.15) is 0 Å². The highest BCUT2D eigenvalue weighted by Gasteiger charge is 2.08. The molecule has 2 rings (SSSR count). The molecule has 0 saturated carbocycles. The lowest BCUT2D eigenvalue weighted by Gasteiger charge is -2.05. The van der Waals surface area contributed by atoms with Crippen molar-refractivity contribution in [2.75, 3.05) is 0 Å². The number of aromatic nitrogens is 1. The Bertz CT molecular complexity index is 532. The van der Waals surface area contributed by atoms with Crippen LogP contribution in [0.3, 0.4) is 0 Å². The van der Waals surface area contributed by atoms with E-state index in [0.29, 0.717) is 11.4 Å². The summed E-state index contributed by atoms with van der Waals surface area (Å²) in [4.78, 5) is 4.21. The number of unbranched alkanes of at least 4 members (excludes halogenated alkanes) is 1. The first-order valence-electron chi connectivity index (χ1n) is 6.58. The van der Waals surface area contributed by atoms with Crippen LogP contribution in [-0.4, -0.2) is 15.9 Å². The van der Waals surface area contributed by atoms with Crippen LogP contribution in [-0.2, 0) is 6.42 Å². The normalized spacial score (nSPS) is 11.5. The molecule has 1 aromatic carbocycles. The lowest BCUT2D eigenvalue weighted by Crippen LogP contribution is -2.05. The van der Waals surface area contributed by atoms with Gasteiger partial charge in [-0.25, -0.2) is 0 Å². The van der Waals surface area contributed by atoms with Crippen molar-refractivity contribution >= 4 is 5.71 Å². The first-order chi connectivity index (χ1) is 9.35. The molecule has 1 aromatic heterocycles. The predicted molar refractivity (Wildman–Crippen MR) is 76.7 cm³/mol. The lowest BCUT2D eigenvalue weighted by molar-refractivity contribution is 0.319. The van der Waals surface area contributed by atoms with Crippen LogP contribution in [0.25, 0.3) is 0 Å². The number of oxime groups is 1. The Morgan fingerprint density at radius 3 is 2.53 bits per heavy atom. The summed E-state index contributed by atoms with van der Waals surface area (Å²) in [5, 5.41) is 12.6. The molecular formula is C16H18N2O. The second-order valence-corrected chi connectivity index (χ2v) is 4.46. The minimum atomic E-state index is 0.502. The molecule has 0 unspecified atom stereocenters. The van der Waals surface area contributed by atoms with Gasteiger partial charge >= 0.3 is 0 Å². The number of aryl methyl sites for hydroxylation is 1. The molecule has 0 aliphatic rings. The summed E-state index contributed by atoms with van der Waals surface area (Å²) in [5.74, 6) is 0. The van der Waals surface area contributed by atoms with Crippen molar-refractivity contribution in [3.63, 3.8) is 0 Å². The molecule has 0 spiro atoms. The van der Waals surface area contributed by atoms with Crippen molar-refractivity contribution < 1.29 is 5.21 Å². The molecule has 0 aliphatic carbocycles. The summed E-state index contributed by atoms with van der Waals surface area (Å²) in [6.45, 7) is 2.19. The van der Waals surface area contributed by atoms with Crippen LogP contribution in [0, 0.1) is 0 Å². The molecule has 98 valence electrons. The van der Waals surface area contributed by atoms with Crippen molar-refractivity contribution in [3.8, 4) is 0 Å². The van der Waals surface area contributed by atoms with E-state index in [1.165, 1.54) is 18.4 Å². The molecule has 1 heterocycles. The van der Waals surface area contributed by atoms with Crippen LogP contribution in [0.15, 0.2) is 53.8 Å². The van der Waals surface area contributed by atoms with E-state index in [1.54, 1.807) is 6.20 Å². The van der Waals surface area contributed by atoms with Gasteiger partial charge in [0.25, 0.3) is 0 Å². The van der Waals surface area contributed by atoms with Gasteiger partial charge < -0.3 is 5.21 Å². The smallest absolute Gasteiger partial charge is 0.135 e. The summed E-state index contributed by atoms with van der Waals surface area (Å²) in [6, 6.07) is 13.7. The third-order valence-corrected chi connectivity index (χ3v) is 3.05. The Labute approximate surface area is 113 Å². The van der Waals surface area contributed by atoms with Crippen LogP contribution < -0.4 is 0 Å². The van der Waals surface area contributed by atoms with Gasteiger partial charge in [-0.15, -0.1) is 0 Å². The summed E-state index contributed by atoms with van der Waals surface area (Å²) >= 11 is 0. The third-order valence-electron chi connectivity index (χ3n) is 3.05. The van der Waals surface area contributed by atoms with E-state index < -0.39 is 0 Å². The van der Waals surface area contributed by atoms with E-state index in [-0.39, 0.29) is 0 Å². The average Bonchev–Trinajstić information content (AvgIpc) is 2.48. The van der Waals surface area contributed by atoms with Gasteiger partial charge in [-0.05, 0) is 30.5 Å². The molecular weight excluding hydrogens is 236 g/mol. The minimum absolute atomic E-state index is 0.502. The number of nitrogens with zero attached hydrogens (tertiary/aromatic N) is 2. The minimum Gasteiger partial charge on any atom is -0.410 e. The maximum absolute atomic E-state index is 9.19. The maximum Gasteiger partial charge on any atom is 0.135 e. The summed E-state index contributed by atoms with van der Waals surface area (Å²) in [5.41, 5.74) is 3.36. The van der Waals surface area contributed by atoms with E-state index in [1.807, 2.05) is 30.3 Å². The largest absolute Gasteiger partial charge is 0.410 e. The van der Waals surface area contributed by atoms with Gasteiger partial charge in [0, 0.05) is 11.8 Å². The molecule has 0 radical (unpaired) electrons. The Balaban J connectivity index is 2.21. The van der Waals surface area contributed by atoms with Crippen LogP contribution in [0.2, 0.25) is 0 Å². The first-order valence-corrected chi connectivity index (χ1v) is 6.58. The van der Waals surface area contributed by atoms with E-state index >= 15 is 0 Å². The predicted octanol–water partition coefficient (Wildman–Crippen LogP) is 3.65. The summed E-state index contributed by atoms with van der Waals surface area (Å²) in [6.07, 6.45) is 5.17. The van der Waals surface area contributed by atoms with E-state index in [0.717, 1.165) is 12.0 Å². The summed E-state index contributed by atoms with van der Waals surface area (Å²) < 4.78 is 0. The fourth-order valence-corrected chi connectivity index (χ4v) is 1.97. The second kappa shape index (κ2) is 6.69. The monoisotopic (exact) mass is 254 g/mol. The highest BCUT2D eigenvalue weighted by atomic mass is 16.4. The molecule has 2 aromatic rings. The van der Waals surface area contributed by atoms with Crippen molar-refractivity contribution in [2.24, 2.45) is 5.16 Å². The van der Waals surface area contributed by atoms with Gasteiger partial charge in [0.1, 0.15) is 5.71 Å². The zero-order valence-corrected chi connectivity index (χ0v) is 11.1. The van der Waals surface area contributed by atoms with Gasteiger partial charge in [0.15, 0.2) is 0 Å². The van der Waals surface area contributed by atoms with Gasteiger partial charge in [0.2, 0.25) is 0 Å². The average molecular weight is 254 g/mol. The quantitative estimate of drug-likeness (QED) is 0.503. The highest BCUT2D eigenvalue weighted by Crippen LogP contribution is 2.12. The fraction of sp³-hybridized carbons (Fsp3) is 0.250. The Morgan fingerprint density at radius 2 is 1.95 bits per heavy atom. The molecule has 0 atom stereocenters. The maximum atomic E-state index is 9.19. The molecule has 0 saturated heterocycles. The molecule has 19 heavy (non-hydrogen) atoms. The first kappa shape index (κ1) is 13.3. The summed E-state index contributed by atoms with van der Waals surface area (Å²) in [7, 11) is 0. The number of pyridine rings is 1. The van der Waals surface area contributed by atoms with Gasteiger partial charge in [0.05, 0.1) is 5.69 Å². The van der Waals surface area contributed by atoms with Crippen LogP contribution >= 0.6 is 0 Å². The van der Waals surface area contributed by atoms with E-state index in [4.69, 9.17) is 0 Å². The zero-order chi connectivity index (χ0) is 13.5. The Morgan fingerprint density at radius 1 is 1.16 bits per heavy atom. The number of rotatable bonds is 5. The van der Waals surface area contributed by atoms with Crippen molar-refractivity contribution in [1.82, 2.24) is 4.98 Å².